The molecular weight excluding hydrogens is 252 g/mol. The number of carboxylic acid groups (broad SMARTS) is 1. The SMILES string of the molecule is CN(CC(=O)O)C1CCCN(CC2CCCCC2)CC1. The number of likely N-dealkylation sites (N-methyl/N-ethyl adjacent to an activating group) is 1. The van der Waals surface area contributed by atoms with Crippen LogP contribution < -0.4 is 0 Å². The third kappa shape index (κ3) is 5.06. The van der Waals surface area contributed by atoms with Crippen LogP contribution in [-0.2, 0) is 4.79 Å². The van der Waals surface area contributed by atoms with Crippen molar-refractivity contribution in [2.24, 2.45) is 5.92 Å². The first-order chi connectivity index (χ1) is 9.65. The summed E-state index contributed by atoms with van der Waals surface area (Å²) in [5, 5.41) is 8.90. The Hall–Kier alpha value is -0.610. The van der Waals surface area contributed by atoms with Gasteiger partial charge in [0.1, 0.15) is 0 Å². The van der Waals surface area contributed by atoms with Crippen molar-refractivity contribution in [1.29, 1.82) is 0 Å². The van der Waals surface area contributed by atoms with E-state index in [1.165, 1.54) is 51.6 Å². The Morgan fingerprint density at radius 3 is 2.55 bits per heavy atom. The first kappa shape index (κ1) is 15.8. The second kappa shape index (κ2) is 7.99. The van der Waals surface area contributed by atoms with Crippen LogP contribution in [0.1, 0.15) is 51.4 Å². The number of nitrogens with zero attached hydrogens (tertiary/aromatic N) is 2. The highest BCUT2D eigenvalue weighted by molar-refractivity contribution is 5.69. The summed E-state index contributed by atoms with van der Waals surface area (Å²) in [6, 6.07) is 0.447. The smallest absolute Gasteiger partial charge is 0.317 e. The predicted molar refractivity (Wildman–Crippen MR) is 80.9 cm³/mol. The third-order valence-corrected chi connectivity index (χ3v) is 5.04. The van der Waals surface area contributed by atoms with E-state index >= 15 is 0 Å². The van der Waals surface area contributed by atoms with Crippen LogP contribution in [0.5, 0.6) is 0 Å². The van der Waals surface area contributed by atoms with E-state index in [9.17, 15) is 4.79 Å². The molecule has 116 valence electrons. The molecule has 0 bridgehead atoms. The van der Waals surface area contributed by atoms with Gasteiger partial charge in [-0.3, -0.25) is 9.69 Å². The van der Waals surface area contributed by atoms with E-state index in [1.807, 2.05) is 11.9 Å². The normalized spacial score (nSPS) is 26.6. The van der Waals surface area contributed by atoms with Crippen molar-refractivity contribution in [3.05, 3.63) is 0 Å². The summed E-state index contributed by atoms with van der Waals surface area (Å²) < 4.78 is 0. The lowest BCUT2D eigenvalue weighted by Crippen LogP contribution is -2.37. The minimum absolute atomic E-state index is 0.174. The molecule has 0 amide bonds. The highest BCUT2D eigenvalue weighted by atomic mass is 16.4. The van der Waals surface area contributed by atoms with Gasteiger partial charge in [-0.2, -0.15) is 0 Å². The van der Waals surface area contributed by atoms with Crippen LogP contribution >= 0.6 is 0 Å². The summed E-state index contributed by atoms with van der Waals surface area (Å²) in [5.74, 6) is 0.202. The van der Waals surface area contributed by atoms with Crippen LogP contribution in [0.25, 0.3) is 0 Å². The van der Waals surface area contributed by atoms with Crippen LogP contribution in [0.3, 0.4) is 0 Å². The molecule has 1 aliphatic heterocycles. The van der Waals surface area contributed by atoms with Gasteiger partial charge >= 0.3 is 5.97 Å². The largest absolute Gasteiger partial charge is 0.480 e. The molecule has 2 aliphatic rings. The number of carbonyl (C=O) groups is 1. The van der Waals surface area contributed by atoms with E-state index < -0.39 is 5.97 Å². The van der Waals surface area contributed by atoms with Gasteiger partial charge in [-0.15, -0.1) is 0 Å². The molecule has 0 aromatic carbocycles. The molecule has 1 saturated heterocycles. The lowest BCUT2D eigenvalue weighted by molar-refractivity contribution is -0.138. The fourth-order valence-electron chi connectivity index (χ4n) is 3.84. The van der Waals surface area contributed by atoms with Gasteiger partial charge < -0.3 is 10.0 Å². The molecule has 20 heavy (non-hydrogen) atoms. The Morgan fingerprint density at radius 2 is 1.85 bits per heavy atom. The summed E-state index contributed by atoms with van der Waals surface area (Å²) in [6.45, 7) is 3.79. The van der Waals surface area contributed by atoms with E-state index in [0.29, 0.717) is 6.04 Å². The average Bonchev–Trinajstić information content (AvgIpc) is 2.65. The molecule has 2 rings (SSSR count). The van der Waals surface area contributed by atoms with E-state index in [-0.39, 0.29) is 6.54 Å². The van der Waals surface area contributed by atoms with Gasteiger partial charge in [-0.1, -0.05) is 19.3 Å². The molecule has 2 fully saturated rings. The summed E-state index contributed by atoms with van der Waals surface area (Å²) in [4.78, 5) is 15.5. The van der Waals surface area contributed by atoms with Gasteiger partial charge in [0.25, 0.3) is 0 Å². The molecule has 4 heteroatoms. The Kier molecular flexibility index (Phi) is 6.30. The average molecular weight is 282 g/mol. The predicted octanol–water partition coefficient (Wildman–Crippen LogP) is 2.44. The zero-order chi connectivity index (χ0) is 14.4. The van der Waals surface area contributed by atoms with Crippen LogP contribution in [0, 0.1) is 5.92 Å². The quantitative estimate of drug-likeness (QED) is 0.841. The molecule has 0 radical (unpaired) electrons. The number of rotatable bonds is 5. The lowest BCUT2D eigenvalue weighted by Gasteiger charge is -2.29. The fraction of sp³-hybridized carbons (Fsp3) is 0.938. The third-order valence-electron chi connectivity index (χ3n) is 5.04. The van der Waals surface area contributed by atoms with Crippen molar-refractivity contribution in [1.82, 2.24) is 9.80 Å². The topological polar surface area (TPSA) is 43.8 Å². The van der Waals surface area contributed by atoms with Crippen LogP contribution in [-0.4, -0.2) is 60.1 Å². The number of hydrogen-bond acceptors (Lipinski definition) is 3. The lowest BCUT2D eigenvalue weighted by atomic mass is 9.89. The number of carboxylic acids is 1. The van der Waals surface area contributed by atoms with Crippen molar-refractivity contribution in [2.45, 2.75) is 57.4 Å². The van der Waals surface area contributed by atoms with E-state index in [1.54, 1.807) is 0 Å². The molecule has 1 saturated carbocycles. The maximum Gasteiger partial charge on any atom is 0.317 e. The molecule has 1 atom stereocenters. The first-order valence-electron chi connectivity index (χ1n) is 8.29. The Labute approximate surface area is 123 Å². The van der Waals surface area contributed by atoms with Gasteiger partial charge in [0, 0.05) is 12.6 Å². The fourth-order valence-corrected chi connectivity index (χ4v) is 3.84. The Balaban J connectivity index is 1.75. The summed E-state index contributed by atoms with van der Waals surface area (Å²) in [7, 11) is 1.95. The second-order valence-electron chi connectivity index (χ2n) is 6.70. The minimum atomic E-state index is -0.712. The van der Waals surface area contributed by atoms with Crippen LogP contribution in [0.2, 0.25) is 0 Å². The van der Waals surface area contributed by atoms with Gasteiger partial charge in [0.2, 0.25) is 0 Å². The number of likely N-dealkylation sites (tertiary alicyclic amines) is 1. The second-order valence-corrected chi connectivity index (χ2v) is 6.70. The summed E-state index contributed by atoms with van der Waals surface area (Å²) >= 11 is 0. The molecule has 1 unspecified atom stereocenters. The number of aliphatic carboxylic acids is 1. The van der Waals surface area contributed by atoms with Crippen molar-refractivity contribution >= 4 is 5.97 Å². The molecule has 0 spiro atoms. The molecule has 0 aromatic heterocycles. The maximum absolute atomic E-state index is 10.8. The van der Waals surface area contributed by atoms with Gasteiger partial charge in [-0.05, 0) is 58.2 Å². The monoisotopic (exact) mass is 282 g/mol. The van der Waals surface area contributed by atoms with Crippen molar-refractivity contribution in [3.8, 4) is 0 Å². The molecule has 1 aliphatic carbocycles. The van der Waals surface area contributed by atoms with Crippen molar-refractivity contribution in [3.63, 3.8) is 0 Å². The van der Waals surface area contributed by atoms with Gasteiger partial charge in [0.05, 0.1) is 6.54 Å². The molecular formula is C16H30N2O2. The summed E-state index contributed by atoms with van der Waals surface area (Å²) in [6.07, 6.45) is 10.6. The van der Waals surface area contributed by atoms with Crippen molar-refractivity contribution < 1.29 is 9.90 Å². The standard InChI is InChI=1S/C16H30N2O2/c1-17(13-16(19)20)15-8-5-10-18(11-9-15)12-14-6-3-2-4-7-14/h14-15H,2-13H2,1H3,(H,19,20). The first-order valence-corrected chi connectivity index (χ1v) is 8.29. The van der Waals surface area contributed by atoms with Crippen LogP contribution in [0.4, 0.5) is 0 Å². The molecule has 4 nitrogen and oxygen atoms in total. The van der Waals surface area contributed by atoms with E-state index in [4.69, 9.17) is 5.11 Å². The van der Waals surface area contributed by atoms with Gasteiger partial charge in [-0.25, -0.2) is 0 Å². The molecule has 1 heterocycles. The van der Waals surface area contributed by atoms with E-state index in [2.05, 4.69) is 4.90 Å². The maximum atomic E-state index is 10.8. The van der Waals surface area contributed by atoms with Crippen LogP contribution in [0.15, 0.2) is 0 Å². The highest BCUT2D eigenvalue weighted by Gasteiger charge is 2.23. The van der Waals surface area contributed by atoms with Gasteiger partial charge in [0.15, 0.2) is 0 Å². The zero-order valence-electron chi connectivity index (χ0n) is 12.9. The number of hydrogen-bond donors (Lipinski definition) is 1. The summed E-state index contributed by atoms with van der Waals surface area (Å²) in [5.41, 5.74) is 0. The van der Waals surface area contributed by atoms with Crippen molar-refractivity contribution in [2.75, 3.05) is 33.2 Å². The zero-order valence-corrected chi connectivity index (χ0v) is 12.9. The molecule has 0 aromatic rings. The highest BCUT2D eigenvalue weighted by Crippen LogP contribution is 2.25. The molecule has 1 N–H and O–H groups in total. The Morgan fingerprint density at radius 1 is 1.10 bits per heavy atom. The Bertz CT molecular complexity index is 303. The van der Waals surface area contributed by atoms with E-state index in [0.717, 1.165) is 25.3 Å². The minimum Gasteiger partial charge on any atom is -0.480 e.